The van der Waals surface area contributed by atoms with E-state index in [0.29, 0.717) is 29.3 Å². The van der Waals surface area contributed by atoms with E-state index in [1.54, 1.807) is 37.6 Å². The molecular formula is C33H40N4O3S. The van der Waals surface area contributed by atoms with Crippen LogP contribution in [0.4, 0.5) is 11.4 Å². The number of fused-ring (bicyclic) bond motifs is 1. The Bertz CT molecular complexity index is 1470. The molecule has 1 aromatic heterocycles. The molecule has 3 N–H and O–H groups in total. The van der Waals surface area contributed by atoms with Crippen LogP contribution in [-0.2, 0) is 11.2 Å². The van der Waals surface area contributed by atoms with Crippen LogP contribution in [0.3, 0.4) is 0 Å². The Hall–Kier alpha value is -3.25. The van der Waals surface area contributed by atoms with E-state index in [2.05, 4.69) is 57.8 Å². The second-order valence-corrected chi connectivity index (χ2v) is 12.7. The number of benzene rings is 2. The summed E-state index contributed by atoms with van der Waals surface area (Å²) < 4.78 is 12.3. The SMILES string of the molecule is CCc1c(C#CCNc2ccc(C(=O)NC)cc2OC)sc2c(NC3CCC(N4CC5(COC5)C4)CC3)cccc12. The van der Waals surface area contributed by atoms with Crippen LogP contribution in [0, 0.1) is 17.3 Å². The number of carbonyl (C=O) groups excluding carboxylic acids is 1. The molecule has 0 bridgehead atoms. The van der Waals surface area contributed by atoms with Crippen LogP contribution in [0.15, 0.2) is 36.4 Å². The number of ether oxygens (including phenoxy) is 2. The fraction of sp³-hybridized carbons (Fsp3) is 0.485. The number of nitrogens with zero attached hydrogens (tertiary/aromatic N) is 1. The predicted molar refractivity (Wildman–Crippen MR) is 167 cm³/mol. The van der Waals surface area contributed by atoms with E-state index in [4.69, 9.17) is 9.47 Å². The number of carbonyl (C=O) groups is 1. The molecule has 0 radical (unpaired) electrons. The van der Waals surface area contributed by atoms with Gasteiger partial charge in [0.25, 0.3) is 5.91 Å². The van der Waals surface area contributed by atoms with Crippen LogP contribution >= 0.6 is 11.3 Å². The summed E-state index contributed by atoms with van der Waals surface area (Å²) >= 11 is 1.80. The zero-order chi connectivity index (χ0) is 28.4. The summed E-state index contributed by atoms with van der Waals surface area (Å²) in [7, 11) is 3.22. The lowest BCUT2D eigenvalue weighted by atomic mass is 9.75. The largest absolute Gasteiger partial charge is 0.495 e. The Balaban J connectivity index is 1.10. The van der Waals surface area contributed by atoms with Gasteiger partial charge in [0.2, 0.25) is 0 Å². The molecule has 7 nitrogen and oxygen atoms in total. The number of likely N-dealkylation sites (tertiary alicyclic amines) is 1. The van der Waals surface area contributed by atoms with Gasteiger partial charge in [0, 0.05) is 43.2 Å². The molecule has 1 aliphatic carbocycles. The third kappa shape index (κ3) is 5.63. The van der Waals surface area contributed by atoms with Crippen molar-refractivity contribution in [3.63, 3.8) is 0 Å². The lowest BCUT2D eigenvalue weighted by Gasteiger charge is -2.58. The monoisotopic (exact) mass is 572 g/mol. The molecule has 41 heavy (non-hydrogen) atoms. The molecule has 2 aromatic carbocycles. The Morgan fingerprint density at radius 3 is 2.63 bits per heavy atom. The highest BCUT2D eigenvalue weighted by atomic mass is 32.1. The fourth-order valence-electron chi connectivity index (χ4n) is 6.58. The van der Waals surface area contributed by atoms with Crippen molar-refractivity contribution in [2.45, 2.75) is 51.1 Å². The van der Waals surface area contributed by atoms with Crippen LogP contribution in [-0.4, -0.2) is 69.9 Å². The summed E-state index contributed by atoms with van der Waals surface area (Å²) in [4.78, 5) is 15.8. The van der Waals surface area contributed by atoms with Gasteiger partial charge >= 0.3 is 0 Å². The Kier molecular flexibility index (Phi) is 8.12. The minimum Gasteiger partial charge on any atom is -0.495 e. The summed E-state index contributed by atoms with van der Waals surface area (Å²) in [6.45, 7) is 7.10. The zero-order valence-electron chi connectivity index (χ0n) is 24.3. The van der Waals surface area contributed by atoms with Gasteiger partial charge < -0.3 is 25.4 Å². The second-order valence-electron chi connectivity index (χ2n) is 11.6. The van der Waals surface area contributed by atoms with Crippen molar-refractivity contribution in [1.29, 1.82) is 0 Å². The number of hydrogen-bond donors (Lipinski definition) is 3. The zero-order valence-corrected chi connectivity index (χ0v) is 25.1. The first-order chi connectivity index (χ1) is 20.0. The van der Waals surface area contributed by atoms with E-state index in [9.17, 15) is 4.79 Å². The molecule has 6 rings (SSSR count). The first-order valence-corrected chi connectivity index (χ1v) is 15.6. The Labute approximate surface area is 247 Å². The average Bonchev–Trinajstić information content (AvgIpc) is 3.32. The summed E-state index contributed by atoms with van der Waals surface area (Å²) in [5.41, 5.74) is 4.44. The van der Waals surface area contributed by atoms with Crippen molar-refractivity contribution in [3.05, 3.63) is 52.4 Å². The molecular weight excluding hydrogens is 532 g/mol. The molecule has 0 unspecified atom stereocenters. The van der Waals surface area contributed by atoms with Gasteiger partial charge in [-0.15, -0.1) is 11.3 Å². The van der Waals surface area contributed by atoms with E-state index in [-0.39, 0.29) is 5.91 Å². The summed E-state index contributed by atoms with van der Waals surface area (Å²) in [6, 6.07) is 13.3. The molecule has 3 aromatic rings. The van der Waals surface area contributed by atoms with Gasteiger partial charge in [-0.2, -0.15) is 0 Å². The van der Waals surface area contributed by atoms with Gasteiger partial charge in [-0.25, -0.2) is 0 Å². The topological polar surface area (TPSA) is 74.9 Å². The molecule has 1 saturated carbocycles. The maximum absolute atomic E-state index is 11.9. The molecule has 8 heteroatoms. The number of nitrogens with one attached hydrogen (secondary N) is 3. The highest BCUT2D eigenvalue weighted by Crippen LogP contribution is 2.42. The number of rotatable bonds is 8. The number of aryl methyl sites for hydroxylation is 1. The van der Waals surface area contributed by atoms with Crippen molar-refractivity contribution in [2.75, 3.05) is 57.6 Å². The number of amides is 1. The molecule has 216 valence electrons. The van der Waals surface area contributed by atoms with E-state index in [0.717, 1.165) is 36.2 Å². The van der Waals surface area contributed by atoms with E-state index in [1.807, 2.05) is 6.07 Å². The third-order valence-electron chi connectivity index (χ3n) is 8.90. The maximum Gasteiger partial charge on any atom is 0.251 e. The van der Waals surface area contributed by atoms with Crippen LogP contribution in [0.2, 0.25) is 0 Å². The van der Waals surface area contributed by atoms with Gasteiger partial charge in [0.1, 0.15) is 5.75 Å². The lowest BCUT2D eigenvalue weighted by molar-refractivity contribution is -0.200. The van der Waals surface area contributed by atoms with Crippen LogP contribution in [0.5, 0.6) is 5.75 Å². The molecule has 3 fully saturated rings. The second kappa shape index (κ2) is 11.9. The first kappa shape index (κ1) is 27.9. The summed E-state index contributed by atoms with van der Waals surface area (Å²) in [5.74, 6) is 7.23. The van der Waals surface area contributed by atoms with Crippen molar-refractivity contribution >= 4 is 38.7 Å². The minimum absolute atomic E-state index is 0.141. The van der Waals surface area contributed by atoms with Crippen molar-refractivity contribution in [3.8, 4) is 17.6 Å². The first-order valence-electron chi connectivity index (χ1n) is 14.8. The van der Waals surface area contributed by atoms with Gasteiger partial charge in [-0.05, 0) is 67.3 Å². The molecule has 1 amide bonds. The quantitative estimate of drug-likeness (QED) is 0.316. The van der Waals surface area contributed by atoms with E-state index < -0.39 is 0 Å². The Morgan fingerprint density at radius 2 is 1.95 bits per heavy atom. The van der Waals surface area contributed by atoms with Crippen molar-refractivity contribution in [1.82, 2.24) is 10.2 Å². The minimum atomic E-state index is -0.141. The number of thiophene rings is 1. The van der Waals surface area contributed by atoms with Crippen molar-refractivity contribution in [2.24, 2.45) is 5.41 Å². The highest BCUT2D eigenvalue weighted by molar-refractivity contribution is 7.20. The van der Waals surface area contributed by atoms with Crippen LogP contribution < -0.4 is 20.7 Å². The number of methoxy groups -OCH3 is 1. The van der Waals surface area contributed by atoms with Crippen LogP contribution in [0.1, 0.15) is 53.4 Å². The lowest BCUT2D eigenvalue weighted by Crippen LogP contribution is -2.68. The van der Waals surface area contributed by atoms with Crippen molar-refractivity contribution < 1.29 is 14.3 Å². The van der Waals surface area contributed by atoms with Gasteiger partial charge in [-0.3, -0.25) is 9.69 Å². The molecule has 3 aliphatic rings. The standard InChI is InChI=1S/C33H40N4O3S/c1-4-25-26-7-5-8-28(36-23-11-13-24(14-12-23)37-18-33(19-37)20-40-21-33)31(26)41-30(25)9-6-16-35-27-15-10-22(32(38)34-2)17-29(27)39-3/h5,7-8,10,15,17,23-24,35-36H,4,11-14,16,18-21H2,1-3H3,(H,34,38). The summed E-state index contributed by atoms with van der Waals surface area (Å²) in [6.07, 6.45) is 5.94. The number of anilines is 2. The van der Waals surface area contributed by atoms with Gasteiger partial charge in [-0.1, -0.05) is 30.9 Å². The average molecular weight is 573 g/mol. The normalized spacial score (nSPS) is 21.3. The molecule has 0 atom stereocenters. The molecule has 1 spiro atoms. The van der Waals surface area contributed by atoms with E-state index in [1.165, 1.54) is 60.1 Å². The highest BCUT2D eigenvalue weighted by Gasteiger charge is 2.50. The van der Waals surface area contributed by atoms with E-state index >= 15 is 0 Å². The number of hydrogen-bond acceptors (Lipinski definition) is 7. The van der Waals surface area contributed by atoms with Gasteiger partial charge in [0.15, 0.2) is 0 Å². The molecule has 3 heterocycles. The van der Waals surface area contributed by atoms with Gasteiger partial charge in [0.05, 0.1) is 47.8 Å². The maximum atomic E-state index is 11.9. The predicted octanol–water partition coefficient (Wildman–Crippen LogP) is 5.35. The smallest absolute Gasteiger partial charge is 0.251 e. The molecule has 2 saturated heterocycles. The van der Waals surface area contributed by atoms with Crippen LogP contribution in [0.25, 0.3) is 10.1 Å². The summed E-state index contributed by atoms with van der Waals surface area (Å²) in [5, 5.41) is 11.2. The third-order valence-corrected chi connectivity index (χ3v) is 10.1. The Morgan fingerprint density at radius 1 is 1.15 bits per heavy atom. The molecule has 2 aliphatic heterocycles. The fourth-order valence-corrected chi connectivity index (χ4v) is 7.82.